The number of ether oxygens (including phenoxy) is 2. The first-order valence-corrected chi connectivity index (χ1v) is 3.57. The first kappa shape index (κ1) is 10.3. The van der Waals surface area contributed by atoms with Gasteiger partial charge in [-0.15, -0.1) is 0 Å². The highest BCUT2D eigenvalue weighted by molar-refractivity contribution is 5.60. The first-order chi connectivity index (χ1) is 4.95. The molecule has 0 aromatic rings. The third kappa shape index (κ3) is 7.16. The number of rotatable bonds is 2. The second-order valence-corrected chi connectivity index (χ2v) is 3.45. The normalized spacial score (nSPS) is 10.9. The van der Waals surface area contributed by atoms with E-state index >= 15 is 0 Å². The van der Waals surface area contributed by atoms with Crippen molar-refractivity contribution < 1.29 is 14.3 Å². The van der Waals surface area contributed by atoms with Crippen LogP contribution in [0.15, 0.2) is 0 Å². The summed E-state index contributed by atoms with van der Waals surface area (Å²) >= 11 is 0. The van der Waals surface area contributed by atoms with Crippen molar-refractivity contribution in [2.24, 2.45) is 5.41 Å². The lowest BCUT2D eigenvalue weighted by atomic mass is 9.99. The molecule has 11 heavy (non-hydrogen) atoms. The second kappa shape index (κ2) is 4.21. The molecule has 0 saturated carbocycles. The summed E-state index contributed by atoms with van der Waals surface area (Å²) in [6.45, 7) is 9.24. The zero-order valence-electron chi connectivity index (χ0n) is 7.51. The molecule has 0 unspecified atom stereocenters. The van der Waals surface area contributed by atoms with E-state index in [0.29, 0.717) is 6.61 Å². The molecule has 3 nitrogen and oxygen atoms in total. The fourth-order valence-electron chi connectivity index (χ4n) is 0.406. The van der Waals surface area contributed by atoms with E-state index in [1.54, 1.807) is 6.92 Å². The molecule has 0 saturated heterocycles. The minimum Gasteiger partial charge on any atom is -0.434 e. The van der Waals surface area contributed by atoms with Gasteiger partial charge >= 0.3 is 6.16 Å². The Kier molecular flexibility index (Phi) is 3.93. The predicted octanol–water partition coefficient (Wildman–Crippen LogP) is 2.37. The fourth-order valence-corrected chi connectivity index (χ4v) is 0.406. The lowest BCUT2D eigenvalue weighted by molar-refractivity contribution is 0.0490. The number of carbonyl (C=O) groups excluding carboxylic acids is 1. The number of carbonyl (C=O) groups is 1. The SMILES string of the molecule is C[CH]OC(=O)OCC(C)(C)C. The van der Waals surface area contributed by atoms with E-state index < -0.39 is 6.16 Å². The second-order valence-electron chi connectivity index (χ2n) is 3.45. The molecule has 0 aliphatic rings. The van der Waals surface area contributed by atoms with Crippen LogP contribution in [0.3, 0.4) is 0 Å². The Morgan fingerprint density at radius 1 is 1.45 bits per heavy atom. The fraction of sp³-hybridized carbons (Fsp3) is 0.750. The predicted molar refractivity (Wildman–Crippen MR) is 41.9 cm³/mol. The van der Waals surface area contributed by atoms with Gasteiger partial charge in [0, 0.05) is 0 Å². The highest BCUT2D eigenvalue weighted by Crippen LogP contribution is 2.13. The molecule has 0 aliphatic heterocycles. The van der Waals surface area contributed by atoms with Crippen LogP contribution in [0.2, 0.25) is 0 Å². The van der Waals surface area contributed by atoms with Gasteiger partial charge in [0.25, 0.3) is 0 Å². The van der Waals surface area contributed by atoms with E-state index in [1.807, 2.05) is 20.8 Å². The van der Waals surface area contributed by atoms with Crippen molar-refractivity contribution in [1.29, 1.82) is 0 Å². The molecule has 0 aliphatic carbocycles. The van der Waals surface area contributed by atoms with Crippen LogP contribution in [0, 0.1) is 12.0 Å². The lowest BCUT2D eigenvalue weighted by Crippen LogP contribution is -2.18. The molecule has 0 bridgehead atoms. The standard InChI is InChI=1S/C8H15O3/c1-5-10-7(9)11-6-8(2,3)4/h5H,6H2,1-4H3. The average Bonchev–Trinajstić information content (AvgIpc) is 1.83. The molecule has 3 heteroatoms. The van der Waals surface area contributed by atoms with Crippen LogP contribution < -0.4 is 0 Å². The Morgan fingerprint density at radius 2 is 2.00 bits per heavy atom. The van der Waals surface area contributed by atoms with Crippen molar-refractivity contribution in [2.75, 3.05) is 6.61 Å². The molecular formula is C8H15O3. The van der Waals surface area contributed by atoms with Gasteiger partial charge in [-0.2, -0.15) is 0 Å². The molecule has 65 valence electrons. The summed E-state index contributed by atoms with van der Waals surface area (Å²) in [5, 5.41) is 0. The van der Waals surface area contributed by atoms with E-state index in [2.05, 4.69) is 4.74 Å². The summed E-state index contributed by atoms with van der Waals surface area (Å²) in [5.74, 6) is 0. The molecule has 0 aromatic carbocycles. The van der Waals surface area contributed by atoms with Crippen LogP contribution in [0.1, 0.15) is 27.7 Å². The maximum atomic E-state index is 10.6. The summed E-state index contributed by atoms with van der Waals surface area (Å²) in [5.41, 5.74) is -0.00718. The van der Waals surface area contributed by atoms with Gasteiger partial charge in [0.1, 0.15) is 6.61 Å². The first-order valence-electron chi connectivity index (χ1n) is 3.57. The molecule has 0 spiro atoms. The Hall–Kier alpha value is -0.730. The van der Waals surface area contributed by atoms with E-state index in [0.717, 1.165) is 0 Å². The Balaban J connectivity index is 3.46. The van der Waals surface area contributed by atoms with Gasteiger partial charge in [0.15, 0.2) is 0 Å². The molecule has 0 amide bonds. The van der Waals surface area contributed by atoms with E-state index in [-0.39, 0.29) is 5.41 Å². The largest absolute Gasteiger partial charge is 0.508 e. The van der Waals surface area contributed by atoms with Crippen LogP contribution >= 0.6 is 0 Å². The van der Waals surface area contributed by atoms with Gasteiger partial charge in [0.2, 0.25) is 0 Å². The van der Waals surface area contributed by atoms with Gasteiger partial charge in [0.05, 0.1) is 6.61 Å². The van der Waals surface area contributed by atoms with Crippen LogP contribution in [-0.4, -0.2) is 12.8 Å². The van der Waals surface area contributed by atoms with Crippen LogP contribution in [0.5, 0.6) is 0 Å². The average molecular weight is 159 g/mol. The van der Waals surface area contributed by atoms with Crippen molar-refractivity contribution in [3.8, 4) is 0 Å². The van der Waals surface area contributed by atoms with Crippen molar-refractivity contribution in [2.45, 2.75) is 27.7 Å². The van der Waals surface area contributed by atoms with Crippen molar-refractivity contribution >= 4 is 6.16 Å². The molecule has 0 rings (SSSR count). The monoisotopic (exact) mass is 159 g/mol. The maximum Gasteiger partial charge on any atom is 0.508 e. The van der Waals surface area contributed by atoms with Crippen molar-refractivity contribution in [1.82, 2.24) is 0 Å². The summed E-state index contributed by atoms with van der Waals surface area (Å²) in [6.07, 6.45) is -0.637. The van der Waals surface area contributed by atoms with Crippen molar-refractivity contribution in [3.63, 3.8) is 0 Å². The maximum absolute atomic E-state index is 10.6. The smallest absolute Gasteiger partial charge is 0.434 e. The van der Waals surface area contributed by atoms with E-state index in [9.17, 15) is 4.79 Å². The number of hydrogen-bond acceptors (Lipinski definition) is 3. The molecule has 1 radical (unpaired) electrons. The minimum absolute atomic E-state index is 0.00718. The van der Waals surface area contributed by atoms with Crippen LogP contribution in [-0.2, 0) is 9.47 Å². The molecule has 0 fully saturated rings. The van der Waals surface area contributed by atoms with Gasteiger partial charge < -0.3 is 9.47 Å². The summed E-state index contributed by atoms with van der Waals surface area (Å²) < 4.78 is 9.21. The summed E-state index contributed by atoms with van der Waals surface area (Å²) in [6, 6.07) is 0. The van der Waals surface area contributed by atoms with Gasteiger partial charge in [-0.3, -0.25) is 0 Å². The highest BCUT2D eigenvalue weighted by atomic mass is 16.7. The van der Waals surface area contributed by atoms with Gasteiger partial charge in [-0.25, -0.2) is 4.79 Å². The minimum atomic E-state index is -0.637. The number of hydrogen-bond donors (Lipinski definition) is 0. The third-order valence-corrected chi connectivity index (χ3v) is 0.837. The van der Waals surface area contributed by atoms with Crippen LogP contribution in [0.25, 0.3) is 0 Å². The topological polar surface area (TPSA) is 35.5 Å². The summed E-state index contributed by atoms with van der Waals surface area (Å²) in [7, 11) is 0. The molecule has 0 atom stereocenters. The Morgan fingerprint density at radius 3 is 2.36 bits per heavy atom. The van der Waals surface area contributed by atoms with E-state index in [4.69, 9.17) is 4.74 Å². The molecule has 0 aromatic heterocycles. The Labute approximate surface area is 67.7 Å². The molecule has 0 N–H and O–H groups in total. The zero-order valence-corrected chi connectivity index (χ0v) is 7.51. The Bertz CT molecular complexity index is 124. The highest BCUT2D eigenvalue weighted by Gasteiger charge is 2.13. The summed E-state index contributed by atoms with van der Waals surface area (Å²) in [4.78, 5) is 10.6. The van der Waals surface area contributed by atoms with Crippen LogP contribution in [0.4, 0.5) is 4.79 Å². The van der Waals surface area contributed by atoms with Gasteiger partial charge in [-0.05, 0) is 12.3 Å². The zero-order chi connectivity index (χ0) is 8.91. The molecule has 0 heterocycles. The quantitative estimate of drug-likeness (QED) is 0.580. The van der Waals surface area contributed by atoms with Gasteiger partial charge in [-0.1, -0.05) is 20.8 Å². The van der Waals surface area contributed by atoms with Crippen molar-refractivity contribution in [3.05, 3.63) is 6.61 Å². The molecular weight excluding hydrogens is 144 g/mol. The lowest BCUT2D eigenvalue weighted by Gasteiger charge is -2.16. The van der Waals surface area contributed by atoms with E-state index in [1.165, 1.54) is 6.61 Å². The third-order valence-electron chi connectivity index (χ3n) is 0.837.